The molecule has 1 aliphatic rings. The Morgan fingerprint density at radius 1 is 0.556 bits per heavy atom. The Bertz CT molecular complexity index is 1670. The largest absolute Gasteiger partial charge is 0.535 e. The second-order valence-corrected chi connectivity index (χ2v) is 8.83. The van der Waals surface area contributed by atoms with Gasteiger partial charge in [0.05, 0.1) is 11.2 Å². The molecule has 6 rings (SSSR count). The van der Waals surface area contributed by atoms with E-state index in [0.29, 0.717) is 22.5 Å². The van der Waals surface area contributed by atoms with Gasteiger partial charge in [-0.2, -0.15) is 0 Å². The van der Waals surface area contributed by atoms with Gasteiger partial charge in [-0.25, -0.2) is 22.0 Å². The van der Waals surface area contributed by atoms with E-state index in [0.717, 1.165) is 27.3 Å². The number of benzene rings is 5. The Morgan fingerprint density at radius 2 is 1.03 bits per heavy atom. The Balaban J connectivity index is 1.78. The van der Waals surface area contributed by atoms with Crippen LogP contribution in [0.15, 0.2) is 66.7 Å². The van der Waals surface area contributed by atoms with Crippen molar-refractivity contribution in [3.63, 3.8) is 0 Å². The van der Waals surface area contributed by atoms with Gasteiger partial charge in [-0.3, -0.25) is 0 Å². The van der Waals surface area contributed by atoms with Crippen LogP contribution in [0.4, 0.5) is 33.3 Å². The highest BCUT2D eigenvalue weighted by Crippen LogP contribution is 2.51. The zero-order chi connectivity index (χ0) is 25.3. The van der Waals surface area contributed by atoms with Crippen molar-refractivity contribution in [1.82, 2.24) is 0 Å². The van der Waals surface area contributed by atoms with E-state index in [2.05, 4.69) is 0 Å². The molecule has 0 unspecified atom stereocenters. The van der Waals surface area contributed by atoms with E-state index >= 15 is 8.78 Å². The zero-order valence-corrected chi connectivity index (χ0v) is 19.2. The minimum atomic E-state index is -2.21. The Kier molecular flexibility index (Phi) is 4.97. The molecule has 0 radical (unpaired) electrons. The summed E-state index contributed by atoms with van der Waals surface area (Å²) < 4.78 is 79.1. The molecule has 0 N–H and O–H groups in total. The molecule has 36 heavy (non-hydrogen) atoms. The first kappa shape index (κ1) is 22.4. The molecule has 1 heterocycles. The van der Waals surface area contributed by atoms with Gasteiger partial charge in [-0.1, -0.05) is 66.7 Å². The van der Waals surface area contributed by atoms with E-state index in [-0.39, 0.29) is 0 Å². The van der Waals surface area contributed by atoms with Crippen molar-refractivity contribution in [2.75, 3.05) is 4.81 Å². The monoisotopic (exact) mass is 489 g/mol. The lowest BCUT2D eigenvalue weighted by Gasteiger charge is -2.27. The minimum absolute atomic E-state index is 0.306. The summed E-state index contributed by atoms with van der Waals surface area (Å²) in [5.74, 6) is -9.78. The first-order valence-corrected chi connectivity index (χ1v) is 11.3. The molecule has 0 fully saturated rings. The van der Waals surface area contributed by atoms with E-state index in [1.807, 2.05) is 74.5 Å². The summed E-state index contributed by atoms with van der Waals surface area (Å²) in [5.41, 5.74) is 1.51. The molecule has 0 amide bonds. The quantitative estimate of drug-likeness (QED) is 0.0853. The third-order valence-electron chi connectivity index (χ3n) is 6.74. The second kappa shape index (κ2) is 7.98. The number of fused-ring (bicyclic) bond motifs is 6. The average Bonchev–Trinajstić information content (AvgIpc) is 3.26. The summed E-state index contributed by atoms with van der Waals surface area (Å²) >= 11 is 0. The van der Waals surface area contributed by atoms with Crippen molar-refractivity contribution in [3.8, 4) is 5.75 Å². The topological polar surface area (TPSA) is 12.5 Å². The summed E-state index contributed by atoms with van der Waals surface area (Å²) in [6.07, 6.45) is 0. The molecule has 0 bridgehead atoms. The van der Waals surface area contributed by atoms with Crippen LogP contribution in [-0.4, -0.2) is 7.05 Å². The zero-order valence-electron chi connectivity index (χ0n) is 19.2. The van der Waals surface area contributed by atoms with E-state index in [9.17, 15) is 13.2 Å². The molecule has 8 heteroatoms. The van der Waals surface area contributed by atoms with E-state index in [1.165, 1.54) is 0 Å². The van der Waals surface area contributed by atoms with Crippen LogP contribution in [0, 0.1) is 42.9 Å². The number of anilines is 2. The highest BCUT2D eigenvalue weighted by Gasteiger charge is 2.48. The average molecular weight is 489 g/mol. The highest BCUT2D eigenvalue weighted by molar-refractivity contribution is 6.75. The molecular formula is C28H17BF5NO. The van der Waals surface area contributed by atoms with E-state index in [4.69, 9.17) is 4.65 Å². The van der Waals surface area contributed by atoms with Crippen LogP contribution < -0.4 is 14.9 Å². The fraction of sp³-hybridized carbons (Fsp3) is 0.0714. The number of aryl methyl sites for hydroxylation is 2. The SMILES string of the molecule is Cc1cccc(C)c1N1B(c2c(F)c(F)c(F)c(F)c2F)Oc2c1c1ccccc1c1ccccc21. The first-order valence-electron chi connectivity index (χ1n) is 11.3. The molecular weight excluding hydrogens is 472 g/mol. The fourth-order valence-electron chi connectivity index (χ4n) is 5.17. The lowest BCUT2D eigenvalue weighted by molar-refractivity contribution is 0.382. The number of rotatable bonds is 2. The molecule has 0 saturated carbocycles. The maximum atomic E-state index is 15.2. The minimum Gasteiger partial charge on any atom is -0.535 e. The standard InChI is InChI=1S/C28H17BF5NO/c1-14-8-7-9-15(2)26(14)35-27-18-12-5-3-10-16(18)17-11-4-6-13-19(17)28(27)36-29(35)20-21(30)23(32)25(34)24(33)22(20)31/h3-13H,1-2H3. The van der Waals surface area contributed by atoms with Crippen molar-refractivity contribution in [1.29, 1.82) is 0 Å². The van der Waals surface area contributed by atoms with Gasteiger partial charge in [-0.15, -0.1) is 0 Å². The van der Waals surface area contributed by atoms with Gasteiger partial charge in [0, 0.05) is 16.5 Å². The maximum absolute atomic E-state index is 15.2. The van der Waals surface area contributed by atoms with Gasteiger partial charge in [0.2, 0.25) is 0 Å². The summed E-state index contributed by atoms with van der Waals surface area (Å²) in [6, 6.07) is 20.3. The number of hydrogen-bond donors (Lipinski definition) is 0. The molecule has 178 valence electrons. The molecule has 0 spiro atoms. The van der Waals surface area contributed by atoms with Crippen molar-refractivity contribution in [2.45, 2.75) is 13.8 Å². The van der Waals surface area contributed by atoms with Gasteiger partial charge in [0.25, 0.3) is 0 Å². The number of para-hydroxylation sites is 1. The fourth-order valence-corrected chi connectivity index (χ4v) is 5.17. The molecule has 0 saturated heterocycles. The predicted octanol–water partition coefficient (Wildman–Crippen LogP) is 7.23. The van der Waals surface area contributed by atoms with Crippen molar-refractivity contribution >= 4 is 45.4 Å². The van der Waals surface area contributed by atoms with Gasteiger partial charge in [0.15, 0.2) is 29.1 Å². The summed E-state index contributed by atoms with van der Waals surface area (Å²) in [7, 11) is -1.64. The normalized spacial score (nSPS) is 13.0. The van der Waals surface area contributed by atoms with Crippen LogP contribution in [0.25, 0.3) is 21.5 Å². The van der Waals surface area contributed by atoms with Crippen LogP contribution in [0.5, 0.6) is 5.75 Å². The van der Waals surface area contributed by atoms with Gasteiger partial charge < -0.3 is 9.47 Å². The molecule has 0 aliphatic carbocycles. The molecule has 1 aliphatic heterocycles. The van der Waals surface area contributed by atoms with Gasteiger partial charge in [-0.05, 0) is 35.7 Å². The van der Waals surface area contributed by atoms with Crippen LogP contribution in [-0.2, 0) is 0 Å². The molecule has 5 aromatic carbocycles. The third kappa shape index (κ3) is 2.97. The molecule has 0 aromatic heterocycles. The van der Waals surface area contributed by atoms with Crippen molar-refractivity contribution < 1.29 is 26.6 Å². The summed E-state index contributed by atoms with van der Waals surface area (Å²) in [4.78, 5) is 1.55. The number of halogens is 5. The Hall–Kier alpha value is -4.07. The Labute approximate surface area is 203 Å². The first-order chi connectivity index (χ1) is 17.3. The van der Waals surface area contributed by atoms with Gasteiger partial charge >= 0.3 is 7.05 Å². The highest BCUT2D eigenvalue weighted by atomic mass is 19.2. The number of hydrogen-bond acceptors (Lipinski definition) is 2. The van der Waals surface area contributed by atoms with Crippen molar-refractivity contribution in [3.05, 3.63) is 107 Å². The van der Waals surface area contributed by atoms with E-state index < -0.39 is 41.6 Å². The molecule has 2 nitrogen and oxygen atoms in total. The second-order valence-electron chi connectivity index (χ2n) is 8.83. The maximum Gasteiger partial charge on any atom is 0.530 e. The third-order valence-corrected chi connectivity index (χ3v) is 6.74. The smallest absolute Gasteiger partial charge is 0.530 e. The van der Waals surface area contributed by atoms with Crippen LogP contribution in [0.3, 0.4) is 0 Å². The van der Waals surface area contributed by atoms with Crippen LogP contribution >= 0.6 is 0 Å². The summed E-state index contributed by atoms with van der Waals surface area (Å²) in [5, 5.41) is 3.09. The van der Waals surface area contributed by atoms with Crippen LogP contribution in [0.1, 0.15) is 11.1 Å². The lowest BCUT2D eigenvalue weighted by atomic mass is 9.69. The predicted molar refractivity (Wildman–Crippen MR) is 132 cm³/mol. The lowest BCUT2D eigenvalue weighted by Crippen LogP contribution is -2.51. The van der Waals surface area contributed by atoms with Crippen LogP contribution in [0.2, 0.25) is 0 Å². The summed E-state index contributed by atoms with van der Waals surface area (Å²) in [6.45, 7) is 3.64. The van der Waals surface area contributed by atoms with Crippen molar-refractivity contribution in [2.24, 2.45) is 0 Å². The van der Waals surface area contributed by atoms with E-state index in [1.54, 1.807) is 10.9 Å². The molecule has 5 aromatic rings. The Morgan fingerprint density at radius 3 is 1.61 bits per heavy atom. The molecule has 0 atom stereocenters. The van der Waals surface area contributed by atoms with Gasteiger partial charge in [0.1, 0.15) is 5.75 Å². The number of nitrogens with zero attached hydrogens (tertiary/aromatic N) is 1.